The fourth-order valence-corrected chi connectivity index (χ4v) is 3.86. The molecule has 0 radical (unpaired) electrons. The van der Waals surface area contributed by atoms with E-state index in [4.69, 9.17) is 9.47 Å². The molecule has 0 saturated heterocycles. The number of nitrogens with one attached hydrogen (secondary N) is 1. The van der Waals surface area contributed by atoms with Crippen LogP contribution >= 0.6 is 11.3 Å². The van der Waals surface area contributed by atoms with Crippen molar-refractivity contribution < 1.29 is 19.1 Å². The molecule has 1 heterocycles. The van der Waals surface area contributed by atoms with Crippen molar-refractivity contribution in [3.05, 3.63) is 70.1 Å². The molecule has 6 heteroatoms. The number of amides is 1. The highest BCUT2D eigenvalue weighted by molar-refractivity contribution is 7.15. The van der Waals surface area contributed by atoms with Crippen molar-refractivity contribution >= 4 is 28.2 Å². The van der Waals surface area contributed by atoms with E-state index in [0.29, 0.717) is 21.9 Å². The van der Waals surface area contributed by atoms with Gasteiger partial charge in [-0.25, -0.2) is 4.79 Å². The van der Waals surface area contributed by atoms with E-state index >= 15 is 0 Å². The third kappa shape index (κ3) is 3.92. The predicted octanol–water partition coefficient (Wildman–Crippen LogP) is 5.08. The summed E-state index contributed by atoms with van der Waals surface area (Å²) < 4.78 is 10.2. The summed E-state index contributed by atoms with van der Waals surface area (Å²) in [5, 5.41) is 5.17. The maximum Gasteiger partial charge on any atom is 0.341 e. The first kappa shape index (κ1) is 19.6. The quantitative estimate of drug-likeness (QED) is 0.612. The lowest BCUT2D eigenvalue weighted by molar-refractivity contribution is 0.0603. The average Bonchev–Trinajstić information content (AvgIpc) is 3.12. The van der Waals surface area contributed by atoms with Crippen LogP contribution in [0.15, 0.2) is 47.8 Å². The van der Waals surface area contributed by atoms with E-state index in [-0.39, 0.29) is 5.91 Å². The smallest absolute Gasteiger partial charge is 0.341 e. The van der Waals surface area contributed by atoms with Crippen LogP contribution in [0.25, 0.3) is 11.1 Å². The maximum atomic E-state index is 12.7. The lowest BCUT2D eigenvalue weighted by Gasteiger charge is -2.10. The number of aryl methyl sites for hydroxylation is 2. The first-order valence-corrected chi connectivity index (χ1v) is 9.55. The number of benzene rings is 2. The third-order valence-corrected chi connectivity index (χ3v) is 5.32. The average molecular weight is 395 g/mol. The van der Waals surface area contributed by atoms with E-state index in [1.165, 1.54) is 18.4 Å². The van der Waals surface area contributed by atoms with Gasteiger partial charge >= 0.3 is 5.97 Å². The van der Waals surface area contributed by atoms with Crippen molar-refractivity contribution in [2.24, 2.45) is 0 Å². The maximum absolute atomic E-state index is 12.7. The summed E-state index contributed by atoms with van der Waals surface area (Å²) in [5.41, 5.74) is 4.62. The van der Waals surface area contributed by atoms with Gasteiger partial charge in [0.2, 0.25) is 0 Å². The second-order valence-corrected chi connectivity index (χ2v) is 7.23. The Kier molecular flexibility index (Phi) is 5.80. The fraction of sp³-hybridized carbons (Fsp3) is 0.182. The number of anilines is 1. The van der Waals surface area contributed by atoms with Crippen LogP contribution in [0.4, 0.5) is 5.00 Å². The zero-order valence-corrected chi connectivity index (χ0v) is 17.0. The number of carbonyl (C=O) groups is 2. The Morgan fingerprint density at radius 1 is 1.00 bits per heavy atom. The number of ether oxygens (including phenoxy) is 2. The molecule has 5 nitrogen and oxygen atoms in total. The van der Waals surface area contributed by atoms with Crippen LogP contribution in [0.3, 0.4) is 0 Å². The minimum Gasteiger partial charge on any atom is -0.497 e. The van der Waals surface area contributed by atoms with Crippen molar-refractivity contribution in [1.82, 2.24) is 0 Å². The lowest BCUT2D eigenvalue weighted by Crippen LogP contribution is -2.14. The van der Waals surface area contributed by atoms with Gasteiger partial charge < -0.3 is 14.8 Å². The largest absolute Gasteiger partial charge is 0.497 e. The van der Waals surface area contributed by atoms with E-state index in [0.717, 1.165) is 22.3 Å². The number of hydrogen-bond donors (Lipinski definition) is 1. The van der Waals surface area contributed by atoms with Gasteiger partial charge in [0, 0.05) is 16.5 Å². The Balaban J connectivity index is 2.02. The summed E-state index contributed by atoms with van der Waals surface area (Å²) >= 11 is 1.30. The van der Waals surface area contributed by atoms with Gasteiger partial charge in [0.15, 0.2) is 0 Å². The molecule has 0 aliphatic rings. The van der Waals surface area contributed by atoms with Gasteiger partial charge in [-0.2, -0.15) is 0 Å². The van der Waals surface area contributed by atoms with Crippen molar-refractivity contribution in [2.75, 3.05) is 19.5 Å². The summed E-state index contributed by atoms with van der Waals surface area (Å²) in [6.07, 6.45) is 0. The zero-order valence-electron chi connectivity index (χ0n) is 16.2. The number of rotatable bonds is 5. The standard InChI is InChI=1S/C22H21NO4S/c1-13-8-9-14(2)17(10-13)18-12-28-21(19(18)22(25)27-4)23-20(24)15-6-5-7-16(11-15)26-3/h5-12H,1-4H3,(H,23,24). The lowest BCUT2D eigenvalue weighted by atomic mass is 9.97. The Morgan fingerprint density at radius 3 is 2.50 bits per heavy atom. The van der Waals surface area contributed by atoms with E-state index in [9.17, 15) is 9.59 Å². The number of methoxy groups -OCH3 is 2. The normalized spacial score (nSPS) is 10.4. The Hall–Kier alpha value is -3.12. The molecule has 0 spiro atoms. The highest BCUT2D eigenvalue weighted by Crippen LogP contribution is 2.38. The predicted molar refractivity (Wildman–Crippen MR) is 112 cm³/mol. The third-order valence-electron chi connectivity index (χ3n) is 4.42. The van der Waals surface area contributed by atoms with Crippen LogP contribution < -0.4 is 10.1 Å². The molecule has 3 rings (SSSR count). The van der Waals surface area contributed by atoms with Crippen LogP contribution in [0.5, 0.6) is 5.75 Å². The van der Waals surface area contributed by atoms with Crippen molar-refractivity contribution in [2.45, 2.75) is 13.8 Å². The molecule has 144 valence electrons. The number of thiophene rings is 1. The molecule has 0 fully saturated rings. The van der Waals surface area contributed by atoms with Crippen LogP contribution in [0.2, 0.25) is 0 Å². The molecule has 28 heavy (non-hydrogen) atoms. The summed E-state index contributed by atoms with van der Waals surface area (Å²) in [7, 11) is 2.88. The molecular weight excluding hydrogens is 374 g/mol. The minimum absolute atomic E-state index is 0.321. The zero-order chi connectivity index (χ0) is 20.3. The molecular formula is C22H21NO4S. The van der Waals surface area contributed by atoms with Crippen molar-refractivity contribution in [3.63, 3.8) is 0 Å². The van der Waals surface area contributed by atoms with E-state index in [1.54, 1.807) is 31.4 Å². The summed E-state index contributed by atoms with van der Waals surface area (Å²) in [6, 6.07) is 12.9. The SMILES string of the molecule is COC(=O)c1c(-c2cc(C)ccc2C)csc1NC(=O)c1cccc(OC)c1. The Labute approximate surface area is 167 Å². The van der Waals surface area contributed by atoms with Gasteiger partial charge in [0.05, 0.1) is 14.2 Å². The molecule has 0 atom stereocenters. The number of hydrogen-bond acceptors (Lipinski definition) is 5. The van der Waals surface area contributed by atoms with Crippen molar-refractivity contribution in [3.8, 4) is 16.9 Å². The molecule has 0 aliphatic heterocycles. The molecule has 0 aliphatic carbocycles. The van der Waals surface area contributed by atoms with Crippen LogP contribution in [-0.4, -0.2) is 26.1 Å². The Bertz CT molecular complexity index is 1040. The highest BCUT2D eigenvalue weighted by Gasteiger charge is 2.23. The van der Waals surface area contributed by atoms with Gasteiger partial charge in [-0.1, -0.05) is 29.8 Å². The second kappa shape index (κ2) is 8.27. The van der Waals surface area contributed by atoms with Crippen LogP contribution in [-0.2, 0) is 4.74 Å². The van der Waals surface area contributed by atoms with Gasteiger partial charge in [-0.15, -0.1) is 11.3 Å². The summed E-state index contributed by atoms with van der Waals surface area (Å²) in [5.74, 6) is -0.223. The van der Waals surface area contributed by atoms with E-state index < -0.39 is 5.97 Å². The van der Waals surface area contributed by atoms with Crippen LogP contribution in [0, 0.1) is 13.8 Å². The molecule has 1 aromatic heterocycles. The molecule has 0 bridgehead atoms. The van der Waals surface area contributed by atoms with Gasteiger partial charge in [0.1, 0.15) is 16.3 Å². The monoisotopic (exact) mass is 395 g/mol. The highest BCUT2D eigenvalue weighted by atomic mass is 32.1. The molecule has 2 aromatic carbocycles. The van der Waals surface area contributed by atoms with E-state index in [2.05, 4.69) is 5.32 Å². The number of esters is 1. The van der Waals surface area contributed by atoms with Gasteiger partial charge in [-0.3, -0.25) is 4.79 Å². The van der Waals surface area contributed by atoms with Crippen LogP contribution in [0.1, 0.15) is 31.8 Å². The van der Waals surface area contributed by atoms with Crippen molar-refractivity contribution in [1.29, 1.82) is 0 Å². The Morgan fingerprint density at radius 2 is 1.79 bits per heavy atom. The molecule has 0 unspecified atom stereocenters. The molecule has 3 aromatic rings. The fourth-order valence-electron chi connectivity index (χ4n) is 2.92. The van der Waals surface area contributed by atoms with Gasteiger partial charge in [-0.05, 0) is 43.2 Å². The minimum atomic E-state index is -0.488. The van der Waals surface area contributed by atoms with Gasteiger partial charge in [0.25, 0.3) is 5.91 Å². The second-order valence-electron chi connectivity index (χ2n) is 6.35. The summed E-state index contributed by atoms with van der Waals surface area (Å²) in [6.45, 7) is 3.99. The van der Waals surface area contributed by atoms with E-state index in [1.807, 2.05) is 37.4 Å². The first-order chi connectivity index (χ1) is 13.4. The molecule has 1 amide bonds. The topological polar surface area (TPSA) is 64.6 Å². The molecule has 1 N–H and O–H groups in total. The summed E-state index contributed by atoms with van der Waals surface area (Å²) in [4.78, 5) is 25.2. The first-order valence-electron chi connectivity index (χ1n) is 8.67. The number of carbonyl (C=O) groups excluding carboxylic acids is 2. The molecule has 0 saturated carbocycles.